The van der Waals surface area contributed by atoms with Gasteiger partial charge in [0.15, 0.2) is 0 Å². The number of piperidine rings is 1. The van der Waals surface area contributed by atoms with E-state index in [9.17, 15) is 9.59 Å². The summed E-state index contributed by atoms with van der Waals surface area (Å²) in [5.74, 6) is -0.889. The van der Waals surface area contributed by atoms with Crippen LogP contribution < -0.4 is 5.32 Å². The van der Waals surface area contributed by atoms with Gasteiger partial charge in [-0.25, -0.2) is 4.79 Å². The average molecular weight is 299 g/mol. The number of rotatable bonds is 4. The van der Waals surface area contributed by atoms with Crippen molar-refractivity contribution in [1.82, 2.24) is 15.1 Å². The molecule has 1 unspecified atom stereocenters. The SMILES string of the molecule is CCN(C(=O)N1CCOC(CC(=O)O)C1)C1CCNCC1. The third-order valence-corrected chi connectivity index (χ3v) is 4.15. The van der Waals surface area contributed by atoms with Gasteiger partial charge < -0.3 is 25.0 Å². The second-order valence-electron chi connectivity index (χ2n) is 5.59. The summed E-state index contributed by atoms with van der Waals surface area (Å²) in [6, 6.07) is 0.299. The first-order chi connectivity index (χ1) is 10.1. The lowest BCUT2D eigenvalue weighted by Gasteiger charge is -2.40. The van der Waals surface area contributed by atoms with Crippen molar-refractivity contribution in [3.63, 3.8) is 0 Å². The molecule has 0 aromatic carbocycles. The monoisotopic (exact) mass is 299 g/mol. The molecule has 2 saturated heterocycles. The first kappa shape index (κ1) is 16.0. The Kier molecular flexibility index (Phi) is 5.81. The molecule has 2 aliphatic rings. The van der Waals surface area contributed by atoms with Gasteiger partial charge in [0.1, 0.15) is 0 Å². The number of hydrogen-bond donors (Lipinski definition) is 2. The third kappa shape index (κ3) is 4.31. The van der Waals surface area contributed by atoms with Crippen molar-refractivity contribution in [3.05, 3.63) is 0 Å². The smallest absolute Gasteiger partial charge is 0.320 e. The van der Waals surface area contributed by atoms with E-state index >= 15 is 0 Å². The predicted molar refractivity (Wildman–Crippen MR) is 77.2 cm³/mol. The van der Waals surface area contributed by atoms with Gasteiger partial charge in [-0.15, -0.1) is 0 Å². The molecule has 1 atom stereocenters. The molecule has 7 heteroatoms. The van der Waals surface area contributed by atoms with Crippen molar-refractivity contribution in [2.24, 2.45) is 0 Å². The molecule has 21 heavy (non-hydrogen) atoms. The molecule has 0 aromatic heterocycles. The molecule has 2 rings (SSSR count). The number of urea groups is 1. The minimum Gasteiger partial charge on any atom is -0.481 e. The fraction of sp³-hybridized carbons (Fsp3) is 0.857. The maximum Gasteiger partial charge on any atom is 0.320 e. The van der Waals surface area contributed by atoms with Gasteiger partial charge in [-0.1, -0.05) is 0 Å². The fourth-order valence-electron chi connectivity index (χ4n) is 3.06. The van der Waals surface area contributed by atoms with Gasteiger partial charge in [-0.3, -0.25) is 4.79 Å². The summed E-state index contributed by atoms with van der Waals surface area (Å²) in [5, 5.41) is 12.2. The van der Waals surface area contributed by atoms with Crippen LogP contribution in [0, 0.1) is 0 Å². The van der Waals surface area contributed by atoms with E-state index in [0.717, 1.165) is 25.9 Å². The molecule has 120 valence electrons. The quantitative estimate of drug-likeness (QED) is 0.783. The van der Waals surface area contributed by atoms with Crippen LogP contribution in [0.3, 0.4) is 0 Å². The Morgan fingerprint density at radius 2 is 2.10 bits per heavy atom. The number of morpholine rings is 1. The zero-order valence-electron chi connectivity index (χ0n) is 12.6. The molecule has 2 N–H and O–H groups in total. The number of ether oxygens (including phenoxy) is 1. The summed E-state index contributed by atoms with van der Waals surface area (Å²) in [7, 11) is 0. The molecule has 0 aromatic rings. The van der Waals surface area contributed by atoms with Crippen LogP contribution in [-0.4, -0.2) is 78.4 Å². The molecular formula is C14H25N3O4. The number of aliphatic carboxylic acids is 1. The summed E-state index contributed by atoms with van der Waals surface area (Å²) in [5.41, 5.74) is 0. The van der Waals surface area contributed by atoms with E-state index < -0.39 is 12.1 Å². The predicted octanol–water partition coefficient (Wildman–Crippen LogP) is 0.356. The highest BCUT2D eigenvalue weighted by atomic mass is 16.5. The fourth-order valence-corrected chi connectivity index (χ4v) is 3.06. The van der Waals surface area contributed by atoms with E-state index in [1.807, 2.05) is 11.8 Å². The Bertz CT molecular complexity index is 371. The number of nitrogens with one attached hydrogen (secondary N) is 1. The molecule has 2 heterocycles. The number of carboxylic acid groups (broad SMARTS) is 1. The highest BCUT2D eigenvalue weighted by molar-refractivity contribution is 5.75. The number of hydrogen-bond acceptors (Lipinski definition) is 4. The van der Waals surface area contributed by atoms with Gasteiger partial charge in [-0.05, 0) is 32.9 Å². The summed E-state index contributed by atoms with van der Waals surface area (Å²) >= 11 is 0. The van der Waals surface area contributed by atoms with Crippen LogP contribution in [0.4, 0.5) is 4.79 Å². The lowest BCUT2D eigenvalue weighted by Crippen LogP contribution is -2.55. The molecule has 0 spiro atoms. The molecule has 2 aliphatic heterocycles. The van der Waals surface area contributed by atoms with Crippen LogP contribution in [0.25, 0.3) is 0 Å². The Labute approximate surface area is 125 Å². The molecule has 2 amide bonds. The maximum absolute atomic E-state index is 12.7. The van der Waals surface area contributed by atoms with Crippen molar-refractivity contribution in [2.75, 3.05) is 39.3 Å². The van der Waals surface area contributed by atoms with Crippen LogP contribution in [0.1, 0.15) is 26.2 Å². The largest absolute Gasteiger partial charge is 0.481 e. The van der Waals surface area contributed by atoms with Gasteiger partial charge in [0.05, 0.1) is 19.1 Å². The van der Waals surface area contributed by atoms with E-state index in [1.54, 1.807) is 4.90 Å². The number of nitrogens with zero attached hydrogens (tertiary/aromatic N) is 2. The van der Waals surface area contributed by atoms with Gasteiger partial charge in [-0.2, -0.15) is 0 Å². The van der Waals surface area contributed by atoms with E-state index in [-0.39, 0.29) is 18.5 Å². The van der Waals surface area contributed by atoms with Crippen LogP contribution in [-0.2, 0) is 9.53 Å². The minimum atomic E-state index is -0.889. The molecule has 0 aliphatic carbocycles. The normalized spacial score (nSPS) is 23.9. The van der Waals surface area contributed by atoms with E-state index in [0.29, 0.717) is 26.2 Å². The lowest BCUT2D eigenvalue weighted by atomic mass is 10.1. The molecule has 0 saturated carbocycles. The summed E-state index contributed by atoms with van der Waals surface area (Å²) in [6.07, 6.45) is 1.50. The number of carboxylic acids is 1. The molecule has 0 radical (unpaired) electrons. The zero-order chi connectivity index (χ0) is 15.2. The van der Waals surface area contributed by atoms with Gasteiger partial charge in [0.25, 0.3) is 0 Å². The summed E-state index contributed by atoms with van der Waals surface area (Å²) in [6.45, 7) is 5.88. The first-order valence-corrected chi connectivity index (χ1v) is 7.71. The van der Waals surface area contributed by atoms with Gasteiger partial charge >= 0.3 is 12.0 Å². The highest BCUT2D eigenvalue weighted by Crippen LogP contribution is 2.17. The summed E-state index contributed by atoms with van der Waals surface area (Å²) < 4.78 is 5.42. The van der Waals surface area contributed by atoms with E-state index in [4.69, 9.17) is 9.84 Å². The minimum absolute atomic E-state index is 0.0167. The van der Waals surface area contributed by atoms with Gasteiger partial charge in [0.2, 0.25) is 0 Å². The topological polar surface area (TPSA) is 82.1 Å². The van der Waals surface area contributed by atoms with Crippen LogP contribution >= 0.6 is 0 Å². The molecular weight excluding hydrogens is 274 g/mol. The molecule has 7 nitrogen and oxygen atoms in total. The average Bonchev–Trinajstić information content (AvgIpc) is 2.48. The maximum atomic E-state index is 12.7. The van der Waals surface area contributed by atoms with Gasteiger partial charge in [0, 0.05) is 25.7 Å². The first-order valence-electron chi connectivity index (χ1n) is 7.71. The second-order valence-corrected chi connectivity index (χ2v) is 5.59. The Balaban J connectivity index is 1.94. The van der Waals surface area contributed by atoms with E-state index in [1.165, 1.54) is 0 Å². The summed E-state index contributed by atoms with van der Waals surface area (Å²) in [4.78, 5) is 27.1. The van der Waals surface area contributed by atoms with Crippen molar-refractivity contribution >= 4 is 12.0 Å². The number of amides is 2. The van der Waals surface area contributed by atoms with Crippen LogP contribution in [0.2, 0.25) is 0 Å². The van der Waals surface area contributed by atoms with Crippen molar-refractivity contribution in [1.29, 1.82) is 0 Å². The lowest BCUT2D eigenvalue weighted by molar-refractivity contribution is -0.141. The van der Waals surface area contributed by atoms with Crippen molar-refractivity contribution in [3.8, 4) is 0 Å². The Hall–Kier alpha value is -1.34. The number of carbonyl (C=O) groups is 2. The van der Waals surface area contributed by atoms with Crippen LogP contribution in [0.15, 0.2) is 0 Å². The Morgan fingerprint density at radius 1 is 1.38 bits per heavy atom. The Morgan fingerprint density at radius 3 is 2.71 bits per heavy atom. The van der Waals surface area contributed by atoms with Crippen molar-refractivity contribution in [2.45, 2.75) is 38.3 Å². The molecule has 0 bridgehead atoms. The standard InChI is InChI=1S/C14H25N3O4/c1-2-17(11-3-5-15-6-4-11)14(20)16-7-8-21-12(10-16)9-13(18)19/h11-12,15H,2-10H2,1H3,(H,18,19). The number of carbonyl (C=O) groups excluding carboxylic acids is 1. The van der Waals surface area contributed by atoms with Crippen molar-refractivity contribution < 1.29 is 19.4 Å². The van der Waals surface area contributed by atoms with Crippen LogP contribution in [0.5, 0.6) is 0 Å². The highest BCUT2D eigenvalue weighted by Gasteiger charge is 2.31. The zero-order valence-corrected chi connectivity index (χ0v) is 12.6. The second kappa shape index (κ2) is 7.61. The van der Waals surface area contributed by atoms with E-state index in [2.05, 4.69) is 5.32 Å². The molecule has 2 fully saturated rings. The third-order valence-electron chi connectivity index (χ3n) is 4.15.